The lowest BCUT2D eigenvalue weighted by molar-refractivity contribution is -0.140. The van der Waals surface area contributed by atoms with Crippen LogP contribution in [-0.4, -0.2) is 21.6 Å². The van der Waals surface area contributed by atoms with Gasteiger partial charge in [-0.05, 0) is 99.2 Å². The lowest BCUT2D eigenvalue weighted by atomic mass is 9.44. The Morgan fingerprint density at radius 2 is 1.70 bits per heavy atom. The van der Waals surface area contributed by atoms with E-state index in [-0.39, 0.29) is 5.41 Å². The van der Waals surface area contributed by atoms with Crippen LogP contribution in [0.3, 0.4) is 0 Å². The second kappa shape index (κ2) is 4.97. The minimum absolute atomic E-state index is 0.129. The van der Waals surface area contributed by atoms with E-state index in [4.69, 9.17) is 0 Å². The topological polar surface area (TPSA) is 52.8 Å². The fraction of sp³-hybridized carbons (Fsp3) is 0.950. The van der Waals surface area contributed by atoms with Gasteiger partial charge in [0.1, 0.15) is 0 Å². The first kappa shape index (κ1) is 15.9. The van der Waals surface area contributed by atoms with Gasteiger partial charge in [0.25, 0.3) is 0 Å². The number of aliphatic hydroxyl groups is 1. The van der Waals surface area contributed by atoms with Crippen molar-refractivity contribution in [1.82, 2.24) is 0 Å². The molecule has 0 heterocycles. The molecule has 130 valence electrons. The van der Waals surface area contributed by atoms with Crippen LogP contribution in [0.15, 0.2) is 5.16 Å². The minimum Gasteiger partial charge on any atom is -0.411 e. The van der Waals surface area contributed by atoms with Crippen LogP contribution in [0.4, 0.5) is 0 Å². The van der Waals surface area contributed by atoms with Crippen molar-refractivity contribution in [1.29, 1.82) is 0 Å². The zero-order chi connectivity index (χ0) is 16.5. The quantitative estimate of drug-likeness (QED) is 0.506. The average Bonchev–Trinajstić information content (AvgIpc) is 2.77. The maximum absolute atomic E-state index is 11.0. The molecule has 4 aliphatic rings. The van der Waals surface area contributed by atoms with Crippen molar-refractivity contribution < 1.29 is 10.3 Å². The molecule has 0 bridgehead atoms. The highest BCUT2D eigenvalue weighted by Gasteiger charge is 2.63. The van der Waals surface area contributed by atoms with Crippen LogP contribution in [0.5, 0.6) is 0 Å². The molecule has 0 unspecified atom stereocenters. The third kappa shape index (κ3) is 2.01. The Balaban J connectivity index is 1.63. The Labute approximate surface area is 140 Å². The summed E-state index contributed by atoms with van der Waals surface area (Å²) in [6.45, 7) is 6.98. The van der Waals surface area contributed by atoms with Crippen LogP contribution in [0, 0.1) is 34.5 Å². The summed E-state index contributed by atoms with van der Waals surface area (Å²) in [5, 5.41) is 23.7. The Hall–Kier alpha value is -0.570. The molecule has 4 saturated carbocycles. The third-order valence-corrected chi connectivity index (χ3v) is 9.20. The zero-order valence-electron chi connectivity index (χ0n) is 15.0. The number of fused-ring (bicyclic) bond motifs is 5. The molecule has 0 amide bonds. The molecule has 0 saturated heterocycles. The second-order valence-electron chi connectivity index (χ2n) is 9.80. The van der Waals surface area contributed by atoms with E-state index in [1.807, 2.05) is 0 Å². The fourth-order valence-electron chi connectivity index (χ4n) is 7.39. The summed E-state index contributed by atoms with van der Waals surface area (Å²) >= 11 is 0. The Kier molecular flexibility index (Phi) is 3.44. The number of hydrogen-bond acceptors (Lipinski definition) is 3. The Bertz CT molecular complexity index is 528. The molecule has 0 spiro atoms. The van der Waals surface area contributed by atoms with E-state index in [2.05, 4.69) is 25.9 Å². The van der Waals surface area contributed by atoms with Gasteiger partial charge in [0.15, 0.2) is 0 Å². The number of rotatable bonds is 0. The molecule has 7 atom stereocenters. The maximum atomic E-state index is 11.0. The molecule has 4 fully saturated rings. The van der Waals surface area contributed by atoms with Crippen molar-refractivity contribution in [3.05, 3.63) is 0 Å². The van der Waals surface area contributed by atoms with Crippen LogP contribution in [0.2, 0.25) is 0 Å². The predicted molar refractivity (Wildman–Crippen MR) is 91.6 cm³/mol. The van der Waals surface area contributed by atoms with Crippen LogP contribution in [-0.2, 0) is 0 Å². The highest BCUT2D eigenvalue weighted by molar-refractivity contribution is 5.85. The van der Waals surface area contributed by atoms with E-state index in [1.54, 1.807) is 0 Å². The lowest BCUT2D eigenvalue weighted by Crippen LogP contribution is -2.56. The molecule has 2 N–H and O–H groups in total. The van der Waals surface area contributed by atoms with E-state index in [0.717, 1.165) is 36.8 Å². The summed E-state index contributed by atoms with van der Waals surface area (Å²) in [5.74, 6) is 3.03. The number of nitrogens with zero attached hydrogens (tertiary/aromatic N) is 1. The van der Waals surface area contributed by atoms with E-state index >= 15 is 0 Å². The molecule has 0 aromatic carbocycles. The van der Waals surface area contributed by atoms with Crippen LogP contribution in [0.1, 0.15) is 78.6 Å². The smallest absolute Gasteiger partial charge is 0.0675 e. The molecular weight excluding hydrogens is 286 g/mol. The monoisotopic (exact) mass is 319 g/mol. The van der Waals surface area contributed by atoms with Gasteiger partial charge in [-0.2, -0.15) is 0 Å². The first-order chi connectivity index (χ1) is 10.8. The molecule has 0 aromatic heterocycles. The zero-order valence-corrected chi connectivity index (χ0v) is 15.0. The van der Waals surface area contributed by atoms with Crippen LogP contribution < -0.4 is 0 Å². The van der Waals surface area contributed by atoms with E-state index in [1.165, 1.54) is 38.5 Å². The largest absolute Gasteiger partial charge is 0.411 e. The third-order valence-electron chi connectivity index (χ3n) is 9.20. The summed E-state index contributed by atoms with van der Waals surface area (Å²) in [6.07, 6.45) is 10.5. The molecule has 0 radical (unpaired) electrons. The van der Waals surface area contributed by atoms with Crippen molar-refractivity contribution in [2.24, 2.45) is 39.7 Å². The first-order valence-corrected chi connectivity index (χ1v) is 9.74. The molecule has 4 rings (SSSR count). The standard InChI is InChI=1S/C20H33NO2/c1-18-9-6-14(21-23)12-13(18)4-5-15-16(18)7-10-19(2)17(15)8-11-20(19,3)22/h13,15-17,22-23H,4-12H2,1-3H3/b21-14-/t13-,15+,16-,17-,18-,19-,20-/m0/s1. The van der Waals surface area contributed by atoms with E-state index < -0.39 is 5.60 Å². The van der Waals surface area contributed by atoms with Crippen molar-refractivity contribution in [2.75, 3.05) is 0 Å². The van der Waals surface area contributed by atoms with E-state index in [9.17, 15) is 10.3 Å². The highest BCUT2D eigenvalue weighted by Crippen LogP contribution is 2.67. The van der Waals surface area contributed by atoms with Gasteiger partial charge in [-0.15, -0.1) is 0 Å². The summed E-state index contributed by atoms with van der Waals surface area (Å²) in [7, 11) is 0. The second-order valence-corrected chi connectivity index (χ2v) is 9.80. The van der Waals surface area contributed by atoms with Gasteiger partial charge >= 0.3 is 0 Å². The lowest BCUT2D eigenvalue weighted by Gasteiger charge is -2.61. The van der Waals surface area contributed by atoms with Gasteiger partial charge in [-0.3, -0.25) is 0 Å². The van der Waals surface area contributed by atoms with Crippen molar-refractivity contribution in [2.45, 2.75) is 84.2 Å². The van der Waals surface area contributed by atoms with Crippen molar-refractivity contribution in [3.8, 4) is 0 Å². The maximum Gasteiger partial charge on any atom is 0.0675 e. The first-order valence-electron chi connectivity index (χ1n) is 9.74. The van der Waals surface area contributed by atoms with E-state index in [0.29, 0.717) is 17.3 Å². The molecule has 0 aromatic rings. The number of hydrogen-bond donors (Lipinski definition) is 2. The molecule has 3 nitrogen and oxygen atoms in total. The summed E-state index contributed by atoms with van der Waals surface area (Å²) in [5.41, 5.74) is 1.11. The normalized spacial score (nSPS) is 57.7. The SMILES string of the molecule is C[C@]12CC/C(=N/O)C[C@@H]1CC[C@@H]1[C@@H]2CC[C@@]2(C)[C@H]1CC[C@]2(C)O. The summed E-state index contributed by atoms with van der Waals surface area (Å²) in [6, 6.07) is 0. The van der Waals surface area contributed by atoms with Gasteiger partial charge in [0.2, 0.25) is 0 Å². The minimum atomic E-state index is -0.469. The van der Waals surface area contributed by atoms with Gasteiger partial charge < -0.3 is 10.3 Å². The molecule has 23 heavy (non-hydrogen) atoms. The molecular formula is C20H33NO2. The Morgan fingerprint density at radius 3 is 2.43 bits per heavy atom. The average molecular weight is 319 g/mol. The van der Waals surface area contributed by atoms with Crippen LogP contribution >= 0.6 is 0 Å². The highest BCUT2D eigenvalue weighted by atomic mass is 16.4. The van der Waals surface area contributed by atoms with Crippen LogP contribution in [0.25, 0.3) is 0 Å². The summed E-state index contributed by atoms with van der Waals surface area (Å²) in [4.78, 5) is 0. The van der Waals surface area contributed by atoms with Crippen molar-refractivity contribution >= 4 is 5.71 Å². The molecule has 3 heteroatoms. The predicted octanol–water partition coefficient (Wildman–Crippen LogP) is 4.61. The van der Waals surface area contributed by atoms with Gasteiger partial charge in [0, 0.05) is 0 Å². The van der Waals surface area contributed by atoms with Gasteiger partial charge in [-0.25, -0.2) is 0 Å². The molecule has 4 aliphatic carbocycles. The fourth-order valence-corrected chi connectivity index (χ4v) is 7.39. The summed E-state index contributed by atoms with van der Waals surface area (Å²) < 4.78 is 0. The Morgan fingerprint density at radius 1 is 0.957 bits per heavy atom. The number of oxime groups is 1. The van der Waals surface area contributed by atoms with Gasteiger partial charge in [-0.1, -0.05) is 19.0 Å². The van der Waals surface area contributed by atoms with Gasteiger partial charge in [0.05, 0.1) is 11.3 Å². The van der Waals surface area contributed by atoms with Crippen molar-refractivity contribution in [3.63, 3.8) is 0 Å². The molecule has 0 aliphatic heterocycles.